The number of hydrogen-bond donors (Lipinski definition) is 0. The van der Waals surface area contributed by atoms with E-state index in [1.807, 2.05) is 0 Å². The number of thioether (sulfide) groups is 1. The molecule has 7 heteroatoms. The van der Waals surface area contributed by atoms with E-state index in [9.17, 15) is 4.79 Å². The van der Waals surface area contributed by atoms with Crippen LogP contribution in [-0.4, -0.2) is 30.1 Å². The lowest BCUT2D eigenvalue weighted by molar-refractivity contribution is 0.540. The molecule has 84 valence electrons. The van der Waals surface area contributed by atoms with E-state index in [4.69, 9.17) is 0 Å². The average molecular weight is 245 g/mol. The van der Waals surface area contributed by atoms with Gasteiger partial charge in [-0.15, -0.1) is 10.2 Å². The van der Waals surface area contributed by atoms with Crippen LogP contribution in [0.15, 0.2) is 28.4 Å². The van der Waals surface area contributed by atoms with E-state index < -0.39 is 0 Å². The van der Waals surface area contributed by atoms with Crippen molar-refractivity contribution in [2.24, 2.45) is 0 Å². The van der Waals surface area contributed by atoms with Crippen molar-refractivity contribution in [3.63, 3.8) is 0 Å². The predicted octanol–water partition coefficient (Wildman–Crippen LogP) is 0.545. The molecule has 0 unspecified atom stereocenters. The largest absolute Gasteiger partial charge is 0.275 e. The van der Waals surface area contributed by atoms with Crippen molar-refractivity contribution in [2.45, 2.75) is 11.7 Å². The van der Waals surface area contributed by atoms with Crippen LogP contribution in [0.4, 0.5) is 0 Å². The minimum Gasteiger partial charge on any atom is -0.267 e. The first-order valence-corrected chi connectivity index (χ1v) is 6.19. The van der Waals surface area contributed by atoms with E-state index in [0.29, 0.717) is 11.9 Å². The van der Waals surface area contributed by atoms with Gasteiger partial charge in [-0.3, -0.25) is 9.78 Å². The number of nitrogens with zero attached hydrogens (tertiary/aromatic N) is 5. The normalized spacial score (nSPS) is 14.6. The quantitative estimate of drug-likeness (QED) is 0.578. The van der Waals surface area contributed by atoms with Gasteiger partial charge in [0.15, 0.2) is 5.65 Å². The van der Waals surface area contributed by atoms with Gasteiger partial charge < -0.3 is 0 Å². The third-order valence-corrected chi connectivity index (χ3v) is 3.81. The molecule has 1 aliphatic heterocycles. The highest BCUT2D eigenvalue weighted by Crippen LogP contribution is 2.23. The molecule has 4 heterocycles. The van der Waals surface area contributed by atoms with E-state index in [-0.39, 0.29) is 5.56 Å². The Balaban J connectivity index is 2.39. The number of aryl methyl sites for hydroxylation is 1. The number of hydrogen-bond acceptors (Lipinski definition) is 5. The fraction of sp³-hybridized carbons (Fsp3) is 0.200. The second kappa shape index (κ2) is 3.07. The summed E-state index contributed by atoms with van der Waals surface area (Å²) < 4.78 is 3.49. The van der Waals surface area contributed by atoms with Crippen molar-refractivity contribution in [3.8, 4) is 0 Å². The first kappa shape index (κ1) is 9.17. The Kier molecular flexibility index (Phi) is 1.66. The first-order valence-electron chi connectivity index (χ1n) is 5.21. The number of fused-ring (bicyclic) bond motifs is 2. The van der Waals surface area contributed by atoms with Gasteiger partial charge in [-0.1, -0.05) is 11.8 Å². The maximum Gasteiger partial charge on any atom is 0.275 e. The summed E-state index contributed by atoms with van der Waals surface area (Å²) in [5.41, 5.74) is 0.700. The van der Waals surface area contributed by atoms with Crippen LogP contribution in [0.1, 0.15) is 0 Å². The molecule has 0 saturated carbocycles. The van der Waals surface area contributed by atoms with Gasteiger partial charge in [0.05, 0.1) is 11.9 Å². The minimum atomic E-state index is -0.0260. The zero-order valence-corrected chi connectivity index (χ0v) is 9.52. The van der Waals surface area contributed by atoms with Gasteiger partial charge in [-0.05, 0) is 6.07 Å². The summed E-state index contributed by atoms with van der Waals surface area (Å²) in [5.74, 6) is 0.847. The fourth-order valence-corrected chi connectivity index (χ4v) is 3.01. The average Bonchev–Trinajstić information content (AvgIpc) is 2.81. The topological polar surface area (TPSA) is 65.1 Å². The van der Waals surface area contributed by atoms with Crippen LogP contribution in [-0.2, 0) is 6.54 Å². The molecule has 0 atom stereocenters. The number of rotatable bonds is 0. The van der Waals surface area contributed by atoms with E-state index in [1.165, 1.54) is 0 Å². The molecule has 0 amide bonds. The standard InChI is InChI=1S/C10H7N5OS/c16-9-7-5-11-2-1-6(7)8-12-13-10-15(8)14(9)3-4-17-10/h1-2,5H,3-4H2. The van der Waals surface area contributed by atoms with Gasteiger partial charge in [0, 0.05) is 23.5 Å². The Morgan fingerprint density at radius 1 is 1.29 bits per heavy atom. The molecule has 6 nitrogen and oxygen atoms in total. The summed E-state index contributed by atoms with van der Waals surface area (Å²) >= 11 is 1.62. The Bertz CT molecular complexity index is 805. The zero-order valence-electron chi connectivity index (χ0n) is 8.70. The van der Waals surface area contributed by atoms with Crippen molar-refractivity contribution in [1.82, 2.24) is 24.4 Å². The maximum atomic E-state index is 12.3. The summed E-state index contributed by atoms with van der Waals surface area (Å²) in [5, 5.41) is 10.5. The molecule has 1 aliphatic rings. The molecular weight excluding hydrogens is 238 g/mol. The Hall–Kier alpha value is -1.89. The van der Waals surface area contributed by atoms with Gasteiger partial charge in [-0.25, -0.2) is 9.20 Å². The lowest BCUT2D eigenvalue weighted by Crippen LogP contribution is -2.30. The summed E-state index contributed by atoms with van der Waals surface area (Å²) in [6.07, 6.45) is 3.26. The van der Waals surface area contributed by atoms with Crippen LogP contribution in [0.5, 0.6) is 0 Å². The lowest BCUT2D eigenvalue weighted by Gasteiger charge is -2.15. The lowest BCUT2D eigenvalue weighted by atomic mass is 10.2. The van der Waals surface area contributed by atoms with Gasteiger partial charge in [-0.2, -0.15) is 0 Å². The Morgan fingerprint density at radius 2 is 2.24 bits per heavy atom. The first-order chi connectivity index (χ1) is 8.36. The zero-order chi connectivity index (χ0) is 11.4. The summed E-state index contributed by atoms with van der Waals surface area (Å²) in [7, 11) is 0. The summed E-state index contributed by atoms with van der Waals surface area (Å²) in [4.78, 5) is 16.3. The van der Waals surface area contributed by atoms with Crippen LogP contribution >= 0.6 is 11.8 Å². The molecule has 3 aromatic heterocycles. The molecule has 0 bridgehead atoms. The summed E-state index contributed by atoms with van der Waals surface area (Å²) in [6, 6.07) is 1.81. The second-order valence-corrected chi connectivity index (χ2v) is 4.88. The van der Waals surface area contributed by atoms with Gasteiger partial charge >= 0.3 is 0 Å². The van der Waals surface area contributed by atoms with Gasteiger partial charge in [0.25, 0.3) is 5.56 Å². The molecule has 17 heavy (non-hydrogen) atoms. The maximum absolute atomic E-state index is 12.3. The second-order valence-electron chi connectivity index (χ2n) is 3.82. The SMILES string of the molecule is O=c1c2cnccc2c2nnc3n2n1CCS3. The molecule has 3 aromatic rings. The number of aromatic nitrogens is 5. The van der Waals surface area contributed by atoms with Gasteiger partial charge in [0.1, 0.15) is 0 Å². The van der Waals surface area contributed by atoms with Crippen LogP contribution in [0, 0.1) is 0 Å². The van der Waals surface area contributed by atoms with Crippen molar-refractivity contribution in [1.29, 1.82) is 0 Å². The monoisotopic (exact) mass is 245 g/mol. The van der Waals surface area contributed by atoms with Crippen molar-refractivity contribution in [2.75, 3.05) is 5.75 Å². The van der Waals surface area contributed by atoms with Crippen LogP contribution < -0.4 is 5.56 Å². The Labute approximate surface area is 99.3 Å². The molecule has 0 fully saturated rings. The van der Waals surface area contributed by atoms with Crippen molar-refractivity contribution < 1.29 is 0 Å². The van der Waals surface area contributed by atoms with E-state index in [2.05, 4.69) is 15.2 Å². The molecule has 0 aliphatic carbocycles. The molecular formula is C10H7N5OS. The molecule has 0 spiro atoms. The van der Waals surface area contributed by atoms with Gasteiger partial charge in [0.2, 0.25) is 5.16 Å². The minimum absolute atomic E-state index is 0.0260. The third kappa shape index (κ3) is 1.06. The van der Waals surface area contributed by atoms with Crippen molar-refractivity contribution >= 4 is 28.2 Å². The third-order valence-electron chi connectivity index (χ3n) is 2.91. The Morgan fingerprint density at radius 3 is 3.18 bits per heavy atom. The molecule has 0 aromatic carbocycles. The van der Waals surface area contributed by atoms with Crippen LogP contribution in [0.25, 0.3) is 16.4 Å². The number of pyridine rings is 1. The van der Waals surface area contributed by atoms with Crippen molar-refractivity contribution in [3.05, 3.63) is 28.8 Å². The molecule has 0 N–H and O–H groups in total. The van der Waals surface area contributed by atoms with Crippen LogP contribution in [0.3, 0.4) is 0 Å². The summed E-state index contributed by atoms with van der Waals surface area (Å²) in [6.45, 7) is 0.676. The predicted molar refractivity (Wildman–Crippen MR) is 63.3 cm³/mol. The molecule has 0 saturated heterocycles. The highest BCUT2D eigenvalue weighted by Gasteiger charge is 2.19. The van der Waals surface area contributed by atoms with E-state index >= 15 is 0 Å². The van der Waals surface area contributed by atoms with Crippen LogP contribution in [0.2, 0.25) is 0 Å². The highest BCUT2D eigenvalue weighted by atomic mass is 32.2. The molecule has 0 radical (unpaired) electrons. The van der Waals surface area contributed by atoms with E-state index in [0.717, 1.165) is 21.9 Å². The fourth-order valence-electron chi connectivity index (χ4n) is 2.16. The smallest absolute Gasteiger partial charge is 0.267 e. The highest BCUT2D eigenvalue weighted by molar-refractivity contribution is 7.99. The van der Waals surface area contributed by atoms with E-state index in [1.54, 1.807) is 39.4 Å². The molecule has 4 rings (SSSR count).